The number of hydrogen-bond donors (Lipinski definition) is 2. The van der Waals surface area contributed by atoms with Gasteiger partial charge in [-0.3, -0.25) is 4.99 Å². The van der Waals surface area contributed by atoms with Crippen LogP contribution >= 0.6 is 0 Å². The number of guanidine groups is 1. The summed E-state index contributed by atoms with van der Waals surface area (Å²) in [5.41, 5.74) is 1.02. The molecule has 0 unspecified atom stereocenters. The van der Waals surface area contributed by atoms with Gasteiger partial charge >= 0.3 is 0 Å². The van der Waals surface area contributed by atoms with Gasteiger partial charge in [0, 0.05) is 31.3 Å². The van der Waals surface area contributed by atoms with E-state index in [9.17, 15) is 8.78 Å². The number of ether oxygens (including phenoxy) is 3. The first-order chi connectivity index (χ1) is 13.0. The maximum absolute atomic E-state index is 13.7. The molecule has 0 aromatic heterocycles. The van der Waals surface area contributed by atoms with Crippen LogP contribution < -0.4 is 24.8 Å². The highest BCUT2D eigenvalue weighted by molar-refractivity contribution is 5.79. The second-order valence-electron chi connectivity index (χ2n) is 5.51. The molecule has 0 saturated heterocycles. The SMILES string of the molecule is CN=C(NCc1cc(F)ccc1F)NCc1ccc(OC)c(OC)c1OC. The van der Waals surface area contributed by atoms with Gasteiger partial charge in [-0.15, -0.1) is 0 Å². The van der Waals surface area contributed by atoms with Gasteiger partial charge in [0.05, 0.1) is 21.3 Å². The molecule has 0 aliphatic carbocycles. The number of nitrogens with one attached hydrogen (secondary N) is 2. The molecule has 2 aromatic rings. The Bertz CT molecular complexity index is 813. The van der Waals surface area contributed by atoms with Gasteiger partial charge in [-0.05, 0) is 30.3 Å². The largest absolute Gasteiger partial charge is 0.493 e. The van der Waals surface area contributed by atoms with Gasteiger partial charge in [0.2, 0.25) is 5.75 Å². The fourth-order valence-corrected chi connectivity index (χ4v) is 2.56. The summed E-state index contributed by atoms with van der Waals surface area (Å²) in [5.74, 6) is 1.03. The molecule has 2 aromatic carbocycles. The highest BCUT2D eigenvalue weighted by Crippen LogP contribution is 2.39. The van der Waals surface area contributed by atoms with Crippen molar-refractivity contribution in [2.75, 3.05) is 28.4 Å². The minimum atomic E-state index is -0.494. The molecule has 0 aliphatic rings. The molecule has 0 bridgehead atoms. The molecule has 0 radical (unpaired) electrons. The topological polar surface area (TPSA) is 64.1 Å². The lowest BCUT2D eigenvalue weighted by atomic mass is 10.1. The summed E-state index contributed by atoms with van der Waals surface area (Å²) in [6.07, 6.45) is 0. The third kappa shape index (κ3) is 4.99. The summed E-state index contributed by atoms with van der Waals surface area (Å²) in [7, 11) is 6.21. The second kappa shape index (κ2) is 9.61. The standard InChI is InChI=1S/C19H23F2N3O3/c1-22-19(24-11-13-9-14(20)6-7-15(13)21)23-10-12-5-8-16(25-2)18(27-4)17(12)26-3/h5-9H,10-11H2,1-4H3,(H2,22,23,24). The normalized spacial score (nSPS) is 11.1. The van der Waals surface area contributed by atoms with Crippen LogP contribution in [0.1, 0.15) is 11.1 Å². The lowest BCUT2D eigenvalue weighted by Gasteiger charge is -2.17. The van der Waals surface area contributed by atoms with E-state index in [4.69, 9.17) is 14.2 Å². The Kier molecular flexibility index (Phi) is 7.22. The van der Waals surface area contributed by atoms with Crippen molar-refractivity contribution in [2.45, 2.75) is 13.1 Å². The van der Waals surface area contributed by atoms with Gasteiger partial charge < -0.3 is 24.8 Å². The zero-order valence-electron chi connectivity index (χ0n) is 15.7. The lowest BCUT2D eigenvalue weighted by Crippen LogP contribution is -2.36. The first-order valence-electron chi connectivity index (χ1n) is 8.20. The molecule has 0 heterocycles. The fraction of sp³-hybridized carbons (Fsp3) is 0.316. The first-order valence-corrected chi connectivity index (χ1v) is 8.20. The van der Waals surface area contributed by atoms with E-state index >= 15 is 0 Å². The van der Waals surface area contributed by atoms with E-state index in [2.05, 4.69) is 15.6 Å². The van der Waals surface area contributed by atoms with E-state index in [1.807, 2.05) is 6.07 Å². The van der Waals surface area contributed by atoms with Crippen LogP contribution in [0.4, 0.5) is 8.78 Å². The van der Waals surface area contributed by atoms with Gasteiger partial charge in [-0.2, -0.15) is 0 Å². The highest BCUT2D eigenvalue weighted by Gasteiger charge is 2.16. The van der Waals surface area contributed by atoms with Crippen LogP contribution in [0.2, 0.25) is 0 Å². The molecule has 6 nitrogen and oxygen atoms in total. The molecule has 0 aliphatic heterocycles. The zero-order valence-corrected chi connectivity index (χ0v) is 15.7. The molecule has 0 saturated carbocycles. The predicted octanol–water partition coefficient (Wildman–Crippen LogP) is 2.86. The highest BCUT2D eigenvalue weighted by atomic mass is 19.1. The number of benzene rings is 2. The van der Waals surface area contributed by atoms with Crippen LogP contribution in [0.15, 0.2) is 35.3 Å². The summed E-state index contributed by atoms with van der Waals surface area (Å²) in [6.45, 7) is 0.459. The average molecular weight is 379 g/mol. The van der Waals surface area contributed by atoms with Crippen molar-refractivity contribution < 1.29 is 23.0 Å². The zero-order chi connectivity index (χ0) is 19.8. The minimum absolute atomic E-state index is 0.0896. The van der Waals surface area contributed by atoms with E-state index in [0.717, 1.165) is 23.8 Å². The van der Waals surface area contributed by atoms with Gasteiger partial charge in [0.1, 0.15) is 11.6 Å². The summed E-state index contributed by atoms with van der Waals surface area (Å²) in [4.78, 5) is 4.08. The molecule has 146 valence electrons. The van der Waals surface area contributed by atoms with Crippen molar-refractivity contribution >= 4 is 5.96 Å². The maximum atomic E-state index is 13.7. The van der Waals surface area contributed by atoms with E-state index < -0.39 is 11.6 Å². The van der Waals surface area contributed by atoms with Crippen LogP contribution in [0.25, 0.3) is 0 Å². The predicted molar refractivity (Wildman–Crippen MR) is 99.5 cm³/mol. The molecule has 0 amide bonds. The van der Waals surface area contributed by atoms with E-state index in [0.29, 0.717) is 29.8 Å². The quantitative estimate of drug-likeness (QED) is 0.572. The van der Waals surface area contributed by atoms with Crippen LogP contribution in [0.5, 0.6) is 17.2 Å². The van der Waals surface area contributed by atoms with Crippen molar-refractivity contribution in [3.05, 3.63) is 53.1 Å². The van der Waals surface area contributed by atoms with E-state index in [1.54, 1.807) is 27.3 Å². The number of halogens is 2. The third-order valence-electron chi connectivity index (χ3n) is 3.91. The Morgan fingerprint density at radius 2 is 1.56 bits per heavy atom. The van der Waals surface area contributed by atoms with Crippen molar-refractivity contribution in [3.63, 3.8) is 0 Å². The number of aliphatic imine (C=N–C) groups is 1. The molecule has 0 fully saturated rings. The lowest BCUT2D eigenvalue weighted by molar-refractivity contribution is 0.322. The van der Waals surface area contributed by atoms with E-state index in [-0.39, 0.29) is 12.1 Å². The van der Waals surface area contributed by atoms with Crippen LogP contribution in [0, 0.1) is 11.6 Å². The summed E-state index contributed by atoms with van der Waals surface area (Å²) >= 11 is 0. The van der Waals surface area contributed by atoms with Gasteiger partial charge in [0.15, 0.2) is 17.5 Å². The molecule has 0 atom stereocenters. The molecule has 0 spiro atoms. The Morgan fingerprint density at radius 3 is 2.15 bits per heavy atom. The molecule has 2 rings (SSSR count). The number of rotatable bonds is 7. The van der Waals surface area contributed by atoms with Gasteiger partial charge in [0.25, 0.3) is 0 Å². The number of nitrogens with zero attached hydrogens (tertiary/aromatic N) is 1. The first kappa shape index (κ1) is 20.3. The molecule has 8 heteroatoms. The Labute approximate surface area is 157 Å². The third-order valence-corrected chi connectivity index (χ3v) is 3.91. The van der Waals surface area contributed by atoms with Crippen LogP contribution in [-0.4, -0.2) is 34.3 Å². The average Bonchev–Trinajstić information content (AvgIpc) is 2.69. The Morgan fingerprint density at radius 1 is 0.889 bits per heavy atom. The Hall–Kier alpha value is -3.03. The molecule has 2 N–H and O–H groups in total. The summed E-state index contributed by atoms with van der Waals surface area (Å²) < 4.78 is 43.0. The van der Waals surface area contributed by atoms with Crippen LogP contribution in [0.3, 0.4) is 0 Å². The summed E-state index contributed by atoms with van der Waals surface area (Å²) in [6, 6.07) is 6.93. The van der Waals surface area contributed by atoms with E-state index in [1.165, 1.54) is 7.11 Å². The maximum Gasteiger partial charge on any atom is 0.203 e. The monoisotopic (exact) mass is 379 g/mol. The fourth-order valence-electron chi connectivity index (χ4n) is 2.56. The van der Waals surface area contributed by atoms with Gasteiger partial charge in [-0.25, -0.2) is 8.78 Å². The number of methoxy groups -OCH3 is 3. The van der Waals surface area contributed by atoms with Crippen LogP contribution in [-0.2, 0) is 13.1 Å². The molecular formula is C19H23F2N3O3. The van der Waals surface area contributed by atoms with Crippen molar-refractivity contribution in [2.24, 2.45) is 4.99 Å². The molecule has 27 heavy (non-hydrogen) atoms. The summed E-state index contributed by atoms with van der Waals surface area (Å²) in [5, 5.41) is 6.05. The van der Waals surface area contributed by atoms with Crippen molar-refractivity contribution in [3.8, 4) is 17.2 Å². The Balaban J connectivity index is 2.07. The van der Waals surface area contributed by atoms with Gasteiger partial charge in [-0.1, -0.05) is 0 Å². The number of hydrogen-bond acceptors (Lipinski definition) is 4. The second-order valence-corrected chi connectivity index (χ2v) is 5.51. The minimum Gasteiger partial charge on any atom is -0.493 e. The van der Waals surface area contributed by atoms with Crippen molar-refractivity contribution in [1.29, 1.82) is 0 Å². The smallest absolute Gasteiger partial charge is 0.203 e. The molecular weight excluding hydrogens is 356 g/mol. The van der Waals surface area contributed by atoms with Crippen molar-refractivity contribution in [1.82, 2.24) is 10.6 Å².